The molecule has 0 aromatic heterocycles. The third kappa shape index (κ3) is 4.12. The Balaban J connectivity index is 1.18. The lowest BCUT2D eigenvalue weighted by Crippen LogP contribution is -2.16. The Morgan fingerprint density at radius 3 is 1.42 bits per heavy atom. The first kappa shape index (κ1) is 30.7. The second-order valence-electron chi connectivity index (χ2n) is 15.9. The van der Waals surface area contributed by atoms with Crippen LogP contribution in [0.1, 0.15) is 25.0 Å². The fraction of sp³-hybridized carbons (Fsp3) is 0.0545. The summed E-state index contributed by atoms with van der Waals surface area (Å²) in [5.41, 5.74) is 10.6. The summed E-state index contributed by atoms with van der Waals surface area (Å²) in [6, 6.07) is 68.3. The minimum atomic E-state index is -0.168. The molecule has 256 valence electrons. The Labute approximate surface area is 319 Å². The summed E-state index contributed by atoms with van der Waals surface area (Å²) in [4.78, 5) is 0. The SMILES string of the molecule is CC1(C)c2c(ccc3ccccc23)-c2c1c1ccc(-c3c4ccccc4c(-c4cc5ccccc5c5ccccc45)c4ccccc34)cc1c1ccccc21. The smallest absolute Gasteiger partial charge is 0.0171 e. The molecule has 0 amide bonds. The van der Waals surface area contributed by atoms with E-state index in [1.807, 2.05) is 0 Å². The molecular formula is C55H36. The van der Waals surface area contributed by atoms with Gasteiger partial charge in [0.15, 0.2) is 0 Å². The lowest BCUT2D eigenvalue weighted by molar-refractivity contribution is 0.672. The first-order valence-corrected chi connectivity index (χ1v) is 19.4. The van der Waals surface area contributed by atoms with E-state index < -0.39 is 0 Å². The molecule has 0 aliphatic heterocycles. The van der Waals surface area contributed by atoms with Crippen molar-refractivity contribution < 1.29 is 0 Å². The van der Waals surface area contributed by atoms with Crippen LogP contribution in [0.5, 0.6) is 0 Å². The van der Waals surface area contributed by atoms with Crippen molar-refractivity contribution >= 4 is 75.4 Å². The van der Waals surface area contributed by atoms with Crippen LogP contribution in [0.2, 0.25) is 0 Å². The second kappa shape index (κ2) is 11.1. The van der Waals surface area contributed by atoms with Gasteiger partial charge in [-0.25, -0.2) is 0 Å². The highest BCUT2D eigenvalue weighted by atomic mass is 14.4. The average molecular weight is 697 g/mol. The Morgan fingerprint density at radius 2 is 0.764 bits per heavy atom. The van der Waals surface area contributed by atoms with Gasteiger partial charge < -0.3 is 0 Å². The van der Waals surface area contributed by atoms with E-state index in [2.05, 4.69) is 196 Å². The van der Waals surface area contributed by atoms with Crippen LogP contribution in [0.25, 0.3) is 109 Å². The van der Waals surface area contributed by atoms with E-state index in [9.17, 15) is 0 Å². The van der Waals surface area contributed by atoms with Crippen molar-refractivity contribution in [3.8, 4) is 33.4 Å². The van der Waals surface area contributed by atoms with Gasteiger partial charge in [0.05, 0.1) is 0 Å². The van der Waals surface area contributed by atoms with E-state index in [0.29, 0.717) is 0 Å². The molecule has 0 atom stereocenters. The fourth-order valence-corrected chi connectivity index (χ4v) is 10.5. The van der Waals surface area contributed by atoms with E-state index in [4.69, 9.17) is 0 Å². The Hall–Kier alpha value is -6.76. The molecule has 1 aliphatic carbocycles. The van der Waals surface area contributed by atoms with Crippen LogP contribution in [0, 0.1) is 0 Å². The normalized spacial score (nSPS) is 13.4. The van der Waals surface area contributed by atoms with Crippen molar-refractivity contribution in [1.29, 1.82) is 0 Å². The van der Waals surface area contributed by atoms with Gasteiger partial charge in [-0.2, -0.15) is 0 Å². The second-order valence-corrected chi connectivity index (χ2v) is 15.9. The monoisotopic (exact) mass is 696 g/mol. The van der Waals surface area contributed by atoms with Gasteiger partial charge in [-0.3, -0.25) is 0 Å². The predicted molar refractivity (Wildman–Crippen MR) is 237 cm³/mol. The molecule has 0 N–H and O–H groups in total. The lowest BCUT2D eigenvalue weighted by Gasteiger charge is -2.25. The van der Waals surface area contributed by atoms with E-state index in [-0.39, 0.29) is 5.41 Å². The first-order valence-electron chi connectivity index (χ1n) is 19.4. The minimum Gasteiger partial charge on any atom is -0.0616 e. The zero-order valence-corrected chi connectivity index (χ0v) is 30.8. The Morgan fingerprint density at radius 1 is 0.273 bits per heavy atom. The van der Waals surface area contributed by atoms with Crippen LogP contribution in [-0.2, 0) is 5.41 Å². The molecule has 0 saturated heterocycles. The van der Waals surface area contributed by atoms with Gasteiger partial charge in [-0.1, -0.05) is 184 Å². The number of hydrogen-bond donors (Lipinski definition) is 0. The van der Waals surface area contributed by atoms with Gasteiger partial charge >= 0.3 is 0 Å². The van der Waals surface area contributed by atoms with Gasteiger partial charge in [-0.15, -0.1) is 0 Å². The maximum atomic E-state index is 2.49. The largest absolute Gasteiger partial charge is 0.0616 e. The standard InChI is InChI=1S/C55H36/c1-55(2)53-37-18-6-3-15-33(37)27-30-47(53)52-41-22-10-9-21-40(41)48-32-35(28-29-46(48)54(52)55)50-42-23-11-13-25-44(42)51(45-26-14-12-24-43(45)50)49-31-34-16-4-5-17-36(34)38-19-7-8-20-39(38)49/h3-32H,1-2H3. The maximum Gasteiger partial charge on any atom is 0.0171 e. The van der Waals surface area contributed by atoms with Crippen LogP contribution in [-0.4, -0.2) is 0 Å². The summed E-state index contributed by atoms with van der Waals surface area (Å²) in [7, 11) is 0. The molecule has 0 spiro atoms. The number of fused-ring (bicyclic) bond motifs is 15. The van der Waals surface area contributed by atoms with Crippen LogP contribution in [0.15, 0.2) is 182 Å². The summed E-state index contributed by atoms with van der Waals surface area (Å²) in [6.45, 7) is 4.87. The van der Waals surface area contributed by atoms with Crippen molar-refractivity contribution in [2.45, 2.75) is 19.3 Å². The average Bonchev–Trinajstić information content (AvgIpc) is 3.49. The molecule has 12 rings (SSSR count). The first-order chi connectivity index (χ1) is 27.1. The van der Waals surface area contributed by atoms with Crippen molar-refractivity contribution in [2.75, 3.05) is 0 Å². The predicted octanol–water partition coefficient (Wildman–Crippen LogP) is 15.4. The summed E-state index contributed by atoms with van der Waals surface area (Å²) in [5, 5.41) is 18.2. The molecule has 0 bridgehead atoms. The van der Waals surface area contributed by atoms with Crippen molar-refractivity contribution in [2.24, 2.45) is 0 Å². The van der Waals surface area contributed by atoms with E-state index in [1.54, 1.807) is 0 Å². The van der Waals surface area contributed by atoms with Crippen molar-refractivity contribution in [1.82, 2.24) is 0 Å². The topological polar surface area (TPSA) is 0 Å². The molecule has 0 fully saturated rings. The lowest BCUT2D eigenvalue weighted by atomic mass is 9.77. The highest BCUT2D eigenvalue weighted by molar-refractivity contribution is 6.27. The molecule has 11 aromatic rings. The highest BCUT2D eigenvalue weighted by Gasteiger charge is 2.39. The van der Waals surface area contributed by atoms with Gasteiger partial charge in [0.25, 0.3) is 0 Å². The summed E-state index contributed by atoms with van der Waals surface area (Å²) in [6.07, 6.45) is 0. The molecule has 55 heavy (non-hydrogen) atoms. The Kier molecular flexibility index (Phi) is 6.21. The molecule has 1 aliphatic rings. The summed E-state index contributed by atoms with van der Waals surface area (Å²) in [5.74, 6) is 0. The number of benzene rings is 11. The molecular weight excluding hydrogens is 661 g/mol. The molecule has 0 radical (unpaired) electrons. The van der Waals surface area contributed by atoms with Crippen LogP contribution < -0.4 is 0 Å². The van der Waals surface area contributed by atoms with Crippen molar-refractivity contribution in [3.05, 3.63) is 193 Å². The van der Waals surface area contributed by atoms with Gasteiger partial charge in [0.2, 0.25) is 0 Å². The van der Waals surface area contributed by atoms with Crippen LogP contribution >= 0.6 is 0 Å². The van der Waals surface area contributed by atoms with E-state index in [1.165, 1.54) is 120 Å². The fourth-order valence-electron chi connectivity index (χ4n) is 10.5. The third-order valence-electron chi connectivity index (χ3n) is 12.7. The highest BCUT2D eigenvalue weighted by Crippen LogP contribution is 2.57. The maximum absolute atomic E-state index is 2.49. The molecule has 0 nitrogen and oxygen atoms in total. The van der Waals surface area contributed by atoms with E-state index in [0.717, 1.165) is 0 Å². The van der Waals surface area contributed by atoms with Gasteiger partial charge in [-0.05, 0) is 132 Å². The molecule has 0 unspecified atom stereocenters. The number of hydrogen-bond acceptors (Lipinski definition) is 0. The molecule has 0 heteroatoms. The number of rotatable bonds is 2. The zero-order valence-electron chi connectivity index (χ0n) is 30.8. The van der Waals surface area contributed by atoms with E-state index >= 15 is 0 Å². The quantitative estimate of drug-likeness (QED) is 0.125. The zero-order chi connectivity index (χ0) is 36.4. The van der Waals surface area contributed by atoms with Crippen LogP contribution in [0.4, 0.5) is 0 Å². The molecule has 11 aromatic carbocycles. The summed E-state index contributed by atoms with van der Waals surface area (Å²) < 4.78 is 0. The summed E-state index contributed by atoms with van der Waals surface area (Å²) >= 11 is 0. The third-order valence-corrected chi connectivity index (χ3v) is 12.7. The molecule has 0 heterocycles. The van der Waals surface area contributed by atoms with Crippen molar-refractivity contribution in [3.63, 3.8) is 0 Å². The van der Waals surface area contributed by atoms with Gasteiger partial charge in [0.1, 0.15) is 0 Å². The molecule has 0 saturated carbocycles. The van der Waals surface area contributed by atoms with Gasteiger partial charge in [0, 0.05) is 5.41 Å². The van der Waals surface area contributed by atoms with Crippen LogP contribution in [0.3, 0.4) is 0 Å². The minimum absolute atomic E-state index is 0.168. The Bertz CT molecular complexity index is 3390.